The van der Waals surface area contributed by atoms with Gasteiger partial charge in [-0.25, -0.2) is 14.6 Å². The summed E-state index contributed by atoms with van der Waals surface area (Å²) in [5.74, 6) is -1.01. The van der Waals surface area contributed by atoms with E-state index in [2.05, 4.69) is 10.3 Å². The van der Waals surface area contributed by atoms with Crippen LogP contribution in [0.2, 0.25) is 0 Å². The summed E-state index contributed by atoms with van der Waals surface area (Å²) in [7, 11) is 1.62. The van der Waals surface area contributed by atoms with Gasteiger partial charge in [-0.2, -0.15) is 0 Å². The van der Waals surface area contributed by atoms with E-state index in [0.29, 0.717) is 19.4 Å². The van der Waals surface area contributed by atoms with Gasteiger partial charge in [-0.15, -0.1) is 11.3 Å². The highest BCUT2D eigenvalue weighted by molar-refractivity contribution is 7.07. The molecule has 0 aliphatic rings. The molecule has 0 saturated heterocycles. The third kappa shape index (κ3) is 3.66. The Morgan fingerprint density at radius 3 is 2.53 bits per heavy atom. The Bertz CT molecular complexity index is 429. The third-order valence-corrected chi connectivity index (χ3v) is 3.83. The number of amides is 2. The molecule has 0 fully saturated rings. The maximum absolute atomic E-state index is 12.0. The SMILES string of the molecule is CCC(CC)(NC(=O)N(C)Cc1cscn1)C(=O)O. The maximum Gasteiger partial charge on any atom is 0.329 e. The standard InChI is InChI=1S/C12H19N3O3S/c1-4-12(5-2,10(16)17)14-11(18)15(3)6-9-7-19-8-13-9/h7-8H,4-6H2,1-3H3,(H,14,18)(H,16,17). The summed E-state index contributed by atoms with van der Waals surface area (Å²) in [4.78, 5) is 28.9. The molecule has 1 aromatic heterocycles. The zero-order valence-corrected chi connectivity index (χ0v) is 12.2. The molecule has 0 saturated carbocycles. The molecule has 19 heavy (non-hydrogen) atoms. The van der Waals surface area contributed by atoms with Gasteiger partial charge in [-0.3, -0.25) is 0 Å². The minimum Gasteiger partial charge on any atom is -0.480 e. The topological polar surface area (TPSA) is 82.5 Å². The molecule has 0 unspecified atom stereocenters. The zero-order valence-electron chi connectivity index (χ0n) is 11.3. The number of carboxylic acids is 1. The van der Waals surface area contributed by atoms with Gasteiger partial charge in [0.05, 0.1) is 17.7 Å². The fourth-order valence-corrected chi connectivity index (χ4v) is 2.26. The maximum atomic E-state index is 12.0. The van der Waals surface area contributed by atoms with Gasteiger partial charge in [-0.05, 0) is 12.8 Å². The molecule has 1 rings (SSSR count). The van der Waals surface area contributed by atoms with E-state index in [1.807, 2.05) is 5.38 Å². The van der Waals surface area contributed by atoms with Gasteiger partial charge in [-0.1, -0.05) is 13.8 Å². The number of aromatic nitrogens is 1. The number of hydrogen-bond donors (Lipinski definition) is 2. The van der Waals surface area contributed by atoms with Gasteiger partial charge in [0.15, 0.2) is 0 Å². The highest BCUT2D eigenvalue weighted by Gasteiger charge is 2.37. The van der Waals surface area contributed by atoms with E-state index >= 15 is 0 Å². The van der Waals surface area contributed by atoms with Crippen LogP contribution in [-0.2, 0) is 11.3 Å². The van der Waals surface area contributed by atoms with Crippen molar-refractivity contribution in [2.75, 3.05) is 7.05 Å². The molecular formula is C12H19N3O3S. The Kier molecular flexibility index (Phi) is 5.29. The van der Waals surface area contributed by atoms with Crippen LogP contribution in [0.15, 0.2) is 10.9 Å². The molecule has 0 atom stereocenters. The van der Waals surface area contributed by atoms with Crippen LogP contribution in [0.25, 0.3) is 0 Å². The molecule has 0 aliphatic carbocycles. The first-order chi connectivity index (χ1) is 8.95. The summed E-state index contributed by atoms with van der Waals surface area (Å²) in [5.41, 5.74) is 1.28. The number of nitrogens with one attached hydrogen (secondary N) is 1. The van der Waals surface area contributed by atoms with E-state index in [-0.39, 0.29) is 0 Å². The quantitative estimate of drug-likeness (QED) is 0.836. The average molecular weight is 285 g/mol. The van der Waals surface area contributed by atoms with Gasteiger partial charge in [0.1, 0.15) is 5.54 Å². The van der Waals surface area contributed by atoms with Crippen LogP contribution >= 0.6 is 11.3 Å². The molecule has 6 nitrogen and oxygen atoms in total. The smallest absolute Gasteiger partial charge is 0.329 e. The molecule has 106 valence electrons. The summed E-state index contributed by atoms with van der Waals surface area (Å²) >= 11 is 1.46. The van der Waals surface area contributed by atoms with Crippen LogP contribution < -0.4 is 5.32 Å². The predicted molar refractivity (Wildman–Crippen MR) is 73.1 cm³/mol. The van der Waals surface area contributed by atoms with E-state index in [1.54, 1.807) is 26.4 Å². The van der Waals surface area contributed by atoms with Crippen molar-refractivity contribution in [2.45, 2.75) is 38.8 Å². The van der Waals surface area contributed by atoms with Gasteiger partial charge in [0, 0.05) is 12.4 Å². The van der Waals surface area contributed by atoms with Crippen LogP contribution in [0.5, 0.6) is 0 Å². The zero-order chi connectivity index (χ0) is 14.5. The lowest BCUT2D eigenvalue weighted by Crippen LogP contribution is -2.56. The number of rotatable bonds is 6. The molecule has 0 bridgehead atoms. The van der Waals surface area contributed by atoms with Gasteiger partial charge < -0.3 is 15.3 Å². The average Bonchev–Trinajstić information content (AvgIpc) is 2.88. The Balaban J connectivity index is 2.69. The number of carbonyl (C=O) groups is 2. The lowest BCUT2D eigenvalue weighted by atomic mass is 9.93. The third-order valence-electron chi connectivity index (χ3n) is 3.19. The van der Waals surface area contributed by atoms with Crippen LogP contribution in [-0.4, -0.2) is 39.6 Å². The van der Waals surface area contributed by atoms with E-state index in [9.17, 15) is 14.7 Å². The van der Waals surface area contributed by atoms with Crippen LogP contribution in [0.3, 0.4) is 0 Å². The number of carboxylic acid groups (broad SMARTS) is 1. The van der Waals surface area contributed by atoms with E-state index < -0.39 is 17.5 Å². The van der Waals surface area contributed by atoms with Crippen molar-refractivity contribution in [2.24, 2.45) is 0 Å². The molecule has 2 N–H and O–H groups in total. The number of thiazole rings is 1. The van der Waals surface area contributed by atoms with Crippen molar-refractivity contribution in [1.29, 1.82) is 0 Å². The first-order valence-corrected chi connectivity index (χ1v) is 7.03. The summed E-state index contributed by atoms with van der Waals surface area (Å²) in [5, 5.41) is 13.7. The van der Waals surface area contributed by atoms with Crippen molar-refractivity contribution in [3.63, 3.8) is 0 Å². The summed E-state index contributed by atoms with van der Waals surface area (Å²) in [6, 6.07) is -0.404. The van der Waals surface area contributed by atoms with Crippen molar-refractivity contribution in [3.05, 3.63) is 16.6 Å². The Hall–Kier alpha value is -1.63. The molecule has 7 heteroatoms. The Morgan fingerprint density at radius 2 is 2.11 bits per heavy atom. The number of nitrogens with zero attached hydrogens (tertiary/aromatic N) is 2. The first-order valence-electron chi connectivity index (χ1n) is 6.09. The Labute approximate surface area is 116 Å². The number of urea groups is 1. The summed E-state index contributed by atoms with van der Waals surface area (Å²) in [6.45, 7) is 3.86. The largest absolute Gasteiger partial charge is 0.480 e. The molecule has 1 aromatic rings. The number of hydrogen-bond acceptors (Lipinski definition) is 4. The fourth-order valence-electron chi connectivity index (χ4n) is 1.71. The molecule has 0 spiro atoms. The van der Waals surface area contributed by atoms with Crippen LogP contribution in [0.4, 0.5) is 4.79 Å². The highest BCUT2D eigenvalue weighted by Crippen LogP contribution is 2.16. The van der Waals surface area contributed by atoms with Crippen LogP contribution in [0.1, 0.15) is 32.4 Å². The fraction of sp³-hybridized carbons (Fsp3) is 0.583. The van der Waals surface area contributed by atoms with E-state index in [1.165, 1.54) is 16.2 Å². The lowest BCUT2D eigenvalue weighted by molar-refractivity contribution is -0.144. The lowest BCUT2D eigenvalue weighted by Gasteiger charge is -2.30. The molecule has 0 radical (unpaired) electrons. The number of aliphatic carboxylic acids is 1. The second kappa shape index (κ2) is 6.51. The van der Waals surface area contributed by atoms with Crippen LogP contribution in [0, 0.1) is 0 Å². The molecule has 1 heterocycles. The minimum absolute atomic E-state index is 0.342. The van der Waals surface area contributed by atoms with Crippen molar-refractivity contribution < 1.29 is 14.7 Å². The van der Waals surface area contributed by atoms with Crippen molar-refractivity contribution in [1.82, 2.24) is 15.2 Å². The predicted octanol–water partition coefficient (Wildman–Crippen LogP) is 1.93. The van der Waals surface area contributed by atoms with Crippen molar-refractivity contribution >= 4 is 23.3 Å². The normalized spacial score (nSPS) is 11.1. The van der Waals surface area contributed by atoms with Gasteiger partial charge >= 0.3 is 12.0 Å². The summed E-state index contributed by atoms with van der Waals surface area (Å²) < 4.78 is 0. The molecule has 2 amide bonds. The number of carbonyl (C=O) groups excluding carboxylic acids is 1. The Morgan fingerprint density at radius 1 is 1.47 bits per heavy atom. The second-order valence-corrected chi connectivity index (χ2v) is 5.08. The minimum atomic E-state index is -1.20. The second-order valence-electron chi connectivity index (χ2n) is 4.36. The van der Waals surface area contributed by atoms with Crippen molar-refractivity contribution in [3.8, 4) is 0 Å². The highest BCUT2D eigenvalue weighted by atomic mass is 32.1. The van der Waals surface area contributed by atoms with Gasteiger partial charge in [0.25, 0.3) is 0 Å². The monoisotopic (exact) mass is 285 g/mol. The summed E-state index contributed by atoms with van der Waals surface area (Å²) in [6.07, 6.45) is 0.685. The van der Waals surface area contributed by atoms with Gasteiger partial charge in [0.2, 0.25) is 0 Å². The van der Waals surface area contributed by atoms with E-state index in [0.717, 1.165) is 5.69 Å². The molecular weight excluding hydrogens is 266 g/mol. The molecule has 0 aliphatic heterocycles. The molecule has 0 aromatic carbocycles. The van der Waals surface area contributed by atoms with E-state index in [4.69, 9.17) is 0 Å². The first kappa shape index (κ1) is 15.4.